The molecule has 4 aliphatic rings. The van der Waals surface area contributed by atoms with E-state index in [1.165, 1.54) is 9.80 Å². The molecule has 274 valence electrons. The molecule has 6 atom stereocenters. The van der Waals surface area contributed by atoms with E-state index < -0.39 is 35.0 Å². The molecule has 4 heterocycles. The molecule has 0 radical (unpaired) electrons. The van der Waals surface area contributed by atoms with E-state index in [1.807, 2.05) is 38.1 Å². The highest BCUT2D eigenvalue weighted by Gasteiger charge is 2.67. The molecule has 2 aromatic heterocycles. The number of allylic oxidation sites excluding steroid dienone is 2. The molecule has 1 saturated carbocycles. The molecule has 0 spiro atoms. The summed E-state index contributed by atoms with van der Waals surface area (Å²) >= 11 is 7.88. The summed E-state index contributed by atoms with van der Waals surface area (Å²) in [5, 5.41) is 26.4. The number of halogens is 1. The molecule has 2 aliphatic carbocycles. The highest BCUT2D eigenvalue weighted by molar-refractivity contribution is 7.22. The largest absolute Gasteiger partial charge is 0.508 e. The number of thiophene rings is 1. The third kappa shape index (κ3) is 5.01. The summed E-state index contributed by atoms with van der Waals surface area (Å²) in [4.78, 5) is 61.5. The predicted molar refractivity (Wildman–Crippen MR) is 205 cm³/mol. The number of imide groups is 2. The molecule has 9 rings (SSSR count). The van der Waals surface area contributed by atoms with Gasteiger partial charge in [0.25, 0.3) is 0 Å². The van der Waals surface area contributed by atoms with E-state index in [0.29, 0.717) is 29.4 Å². The normalized spacial score (nSPS) is 26.4. The summed E-state index contributed by atoms with van der Waals surface area (Å²) in [5.74, 6) is -3.64. The van der Waals surface area contributed by atoms with Crippen LogP contribution in [0.25, 0.3) is 20.7 Å². The Balaban J connectivity index is 1.09. The number of nitrogens with zero attached hydrogens (tertiary/aromatic N) is 4. The van der Waals surface area contributed by atoms with Crippen LogP contribution in [0.4, 0.5) is 5.82 Å². The first-order chi connectivity index (χ1) is 25.9. The van der Waals surface area contributed by atoms with E-state index in [1.54, 1.807) is 77.7 Å². The number of amides is 4. The predicted octanol–water partition coefficient (Wildman–Crippen LogP) is 7.15. The van der Waals surface area contributed by atoms with E-state index in [4.69, 9.17) is 16.7 Å². The first kappa shape index (κ1) is 34.5. The van der Waals surface area contributed by atoms with Crippen LogP contribution in [0.15, 0.2) is 84.4 Å². The van der Waals surface area contributed by atoms with Gasteiger partial charge in [-0.3, -0.25) is 28.8 Å². The number of aromatic nitrogens is 2. The van der Waals surface area contributed by atoms with Crippen molar-refractivity contribution < 1.29 is 29.4 Å². The second-order valence-corrected chi connectivity index (χ2v) is 16.7. The molecule has 12 heteroatoms. The second kappa shape index (κ2) is 12.4. The summed E-state index contributed by atoms with van der Waals surface area (Å²) in [6.07, 6.45) is 3.06. The number of fused-ring (bicyclic) bond motifs is 5. The van der Waals surface area contributed by atoms with Crippen LogP contribution in [0, 0.1) is 36.0 Å². The van der Waals surface area contributed by atoms with Crippen molar-refractivity contribution in [1.29, 1.82) is 0 Å². The SMILES string of the molecule is Cc1c(-c2cc(N3C(=O)[C@@H]4C[C@@H]5C(=CC[C@@H]6C(=O)N(CCc7ccc(O)cc7)C(=O)[C@@H]65)[C@H](c5ccc(O)cc5)[C@]4(C)C3=O)n(C)n2)sc2ccc(Cl)cc12. The molecular formula is C42H37ClN4O6S. The Kier molecular flexibility index (Phi) is 7.92. The summed E-state index contributed by atoms with van der Waals surface area (Å²) in [5.41, 5.74) is 2.96. The quantitative estimate of drug-likeness (QED) is 0.139. The Labute approximate surface area is 320 Å². The zero-order valence-corrected chi connectivity index (χ0v) is 31.4. The fourth-order valence-electron chi connectivity index (χ4n) is 9.68. The van der Waals surface area contributed by atoms with Crippen LogP contribution in [0.3, 0.4) is 0 Å². The minimum atomic E-state index is -1.22. The number of phenols is 2. The Hall–Kier alpha value is -5.26. The van der Waals surface area contributed by atoms with Crippen LogP contribution in [-0.4, -0.2) is 55.1 Å². The number of hydrogen-bond acceptors (Lipinski definition) is 8. The van der Waals surface area contributed by atoms with Crippen molar-refractivity contribution in [3.05, 3.63) is 106 Å². The Bertz CT molecular complexity index is 2450. The number of carbonyl (C=O) groups excluding carboxylic acids is 4. The first-order valence-electron chi connectivity index (χ1n) is 18.1. The van der Waals surface area contributed by atoms with Gasteiger partial charge >= 0.3 is 0 Å². The molecule has 2 aliphatic heterocycles. The van der Waals surface area contributed by atoms with Gasteiger partial charge in [-0.05, 0) is 104 Å². The first-order valence-corrected chi connectivity index (χ1v) is 19.3. The Morgan fingerprint density at radius 1 is 0.907 bits per heavy atom. The number of hydrogen-bond donors (Lipinski definition) is 2. The van der Waals surface area contributed by atoms with Crippen molar-refractivity contribution in [1.82, 2.24) is 14.7 Å². The average molecular weight is 761 g/mol. The number of carbonyl (C=O) groups is 4. The Morgan fingerprint density at radius 2 is 1.61 bits per heavy atom. The van der Waals surface area contributed by atoms with Gasteiger partial charge in [0.05, 0.1) is 28.0 Å². The topological polar surface area (TPSA) is 133 Å². The van der Waals surface area contributed by atoms with Crippen LogP contribution in [0.5, 0.6) is 11.5 Å². The van der Waals surface area contributed by atoms with Gasteiger partial charge in [-0.15, -0.1) is 11.3 Å². The van der Waals surface area contributed by atoms with Crippen LogP contribution >= 0.6 is 22.9 Å². The van der Waals surface area contributed by atoms with Crippen molar-refractivity contribution in [2.45, 2.75) is 39.0 Å². The van der Waals surface area contributed by atoms with Gasteiger partial charge in [0, 0.05) is 35.3 Å². The smallest absolute Gasteiger partial charge is 0.242 e. The zero-order chi connectivity index (χ0) is 37.8. The maximum atomic E-state index is 15.0. The molecule has 2 saturated heterocycles. The van der Waals surface area contributed by atoms with Crippen LogP contribution in [0.2, 0.25) is 5.02 Å². The molecule has 3 fully saturated rings. The van der Waals surface area contributed by atoms with Gasteiger partial charge in [0.1, 0.15) is 23.0 Å². The molecule has 0 unspecified atom stereocenters. The average Bonchev–Trinajstić information content (AvgIpc) is 3.82. The fourth-order valence-corrected chi connectivity index (χ4v) is 11.0. The number of rotatable bonds is 6. The van der Waals surface area contributed by atoms with E-state index in [9.17, 15) is 24.6 Å². The molecule has 5 aromatic rings. The van der Waals surface area contributed by atoms with E-state index in [0.717, 1.165) is 37.2 Å². The number of aromatic hydroxyl groups is 2. The summed E-state index contributed by atoms with van der Waals surface area (Å²) < 4.78 is 2.63. The molecule has 54 heavy (non-hydrogen) atoms. The lowest BCUT2D eigenvalue weighted by atomic mass is 9.51. The van der Waals surface area contributed by atoms with E-state index in [2.05, 4.69) is 0 Å². The van der Waals surface area contributed by atoms with Gasteiger partial charge in [-0.1, -0.05) is 47.5 Å². The van der Waals surface area contributed by atoms with Crippen molar-refractivity contribution in [3.63, 3.8) is 0 Å². The van der Waals surface area contributed by atoms with Crippen LogP contribution in [-0.2, 0) is 32.6 Å². The highest BCUT2D eigenvalue weighted by atomic mass is 35.5. The van der Waals surface area contributed by atoms with Crippen molar-refractivity contribution >= 4 is 62.5 Å². The number of aryl methyl sites for hydroxylation is 2. The fraction of sp³-hybridized carbons (Fsp3) is 0.310. The van der Waals surface area contributed by atoms with Crippen LogP contribution < -0.4 is 4.90 Å². The van der Waals surface area contributed by atoms with Gasteiger partial charge in [0.2, 0.25) is 23.6 Å². The number of likely N-dealkylation sites (tertiary alicyclic amines) is 1. The van der Waals surface area contributed by atoms with Crippen molar-refractivity contribution in [2.75, 3.05) is 11.4 Å². The van der Waals surface area contributed by atoms with Crippen molar-refractivity contribution in [3.8, 4) is 22.1 Å². The molecule has 0 bridgehead atoms. The van der Waals surface area contributed by atoms with E-state index in [-0.39, 0.29) is 48.1 Å². The lowest BCUT2D eigenvalue weighted by molar-refractivity contribution is -0.140. The zero-order valence-electron chi connectivity index (χ0n) is 29.8. The highest BCUT2D eigenvalue weighted by Crippen LogP contribution is 2.63. The minimum absolute atomic E-state index is 0.0722. The van der Waals surface area contributed by atoms with Gasteiger partial charge in [-0.25, -0.2) is 4.90 Å². The van der Waals surface area contributed by atoms with Crippen LogP contribution in [0.1, 0.15) is 42.4 Å². The molecule has 10 nitrogen and oxygen atoms in total. The summed E-state index contributed by atoms with van der Waals surface area (Å²) in [7, 11) is 1.73. The lowest BCUT2D eigenvalue weighted by Crippen LogP contribution is -2.48. The second-order valence-electron chi connectivity index (χ2n) is 15.2. The molecule has 2 N–H and O–H groups in total. The third-order valence-corrected chi connectivity index (χ3v) is 13.9. The summed E-state index contributed by atoms with van der Waals surface area (Å²) in [6, 6.07) is 21.0. The molecular weight excluding hydrogens is 724 g/mol. The Morgan fingerprint density at radius 3 is 2.33 bits per heavy atom. The molecule has 3 aromatic carbocycles. The monoisotopic (exact) mass is 760 g/mol. The van der Waals surface area contributed by atoms with E-state index >= 15 is 4.79 Å². The maximum absolute atomic E-state index is 15.0. The van der Waals surface area contributed by atoms with Gasteiger partial charge < -0.3 is 10.2 Å². The number of phenolic OH excluding ortho intramolecular Hbond substituents is 2. The number of anilines is 1. The van der Waals surface area contributed by atoms with Crippen molar-refractivity contribution in [2.24, 2.45) is 36.1 Å². The minimum Gasteiger partial charge on any atom is -0.508 e. The summed E-state index contributed by atoms with van der Waals surface area (Å²) in [6.45, 7) is 4.07. The number of benzene rings is 3. The maximum Gasteiger partial charge on any atom is 0.242 e. The van der Waals surface area contributed by atoms with Gasteiger partial charge in [-0.2, -0.15) is 5.10 Å². The molecule has 4 amide bonds. The standard InChI is InChI=1S/C42H37ClN4O6S/c1-21-29-18-24(43)8-15-33(29)54-37(21)32-20-34(45(3)44-32)47-39(51)31-19-30-27(36(42(31,2)41(47)53)23-6-11-26(49)12-7-23)13-14-28-35(30)40(52)46(38(28)50)17-16-22-4-9-25(48)10-5-22/h4-13,15,18,20,28,30-31,35-36,48-49H,14,16-17,19H2,1-3H3/t28-,30+,31-,35-,36-,42+/m0/s1. The third-order valence-electron chi connectivity index (χ3n) is 12.4. The van der Waals surface area contributed by atoms with Gasteiger partial charge in [0.15, 0.2) is 0 Å². The lowest BCUT2D eigenvalue weighted by Gasteiger charge is -2.49.